The summed E-state index contributed by atoms with van der Waals surface area (Å²) >= 11 is 0. The van der Waals surface area contributed by atoms with Crippen molar-refractivity contribution in [1.29, 1.82) is 0 Å². The molecule has 1 saturated heterocycles. The van der Waals surface area contributed by atoms with Crippen LogP contribution in [0.4, 0.5) is 10.1 Å². The molecule has 0 aromatic heterocycles. The molecule has 0 atom stereocenters. The first-order valence-electron chi connectivity index (χ1n) is 6.64. The molecule has 1 fully saturated rings. The lowest BCUT2D eigenvalue weighted by molar-refractivity contribution is -0.128. The van der Waals surface area contributed by atoms with E-state index in [9.17, 15) is 17.6 Å². The number of nitrogens with one attached hydrogen (secondary N) is 1. The Morgan fingerprint density at radius 3 is 2.62 bits per heavy atom. The molecule has 0 spiro atoms. The number of nitrogens with two attached hydrogens (primary N) is 1. The van der Waals surface area contributed by atoms with E-state index in [0.717, 1.165) is 18.9 Å². The van der Waals surface area contributed by atoms with Gasteiger partial charge in [-0.25, -0.2) is 17.5 Å². The van der Waals surface area contributed by atoms with Gasteiger partial charge in [0, 0.05) is 18.8 Å². The second-order valence-electron chi connectivity index (χ2n) is 5.06. The Morgan fingerprint density at radius 2 is 2.00 bits per heavy atom. The number of aryl methyl sites for hydroxylation is 1. The van der Waals surface area contributed by atoms with Crippen LogP contribution in [0.25, 0.3) is 0 Å². The number of carbonyl (C=O) groups excluding carboxylic acids is 1. The molecule has 1 aliphatic heterocycles. The van der Waals surface area contributed by atoms with Crippen molar-refractivity contribution in [2.45, 2.75) is 24.7 Å². The standard InChI is InChI=1S/C13H18FN3O3S/c1-9-6-10(15)7-11(13(9)14)21(19,20)16-8-12(18)17-4-2-3-5-17/h6-7,16H,2-5,8,15H2,1H3. The fourth-order valence-electron chi connectivity index (χ4n) is 2.27. The molecule has 1 aromatic rings. The van der Waals surface area contributed by atoms with E-state index in [2.05, 4.69) is 4.72 Å². The summed E-state index contributed by atoms with van der Waals surface area (Å²) < 4.78 is 40.3. The van der Waals surface area contributed by atoms with Crippen molar-refractivity contribution in [3.63, 3.8) is 0 Å². The van der Waals surface area contributed by atoms with Gasteiger partial charge >= 0.3 is 0 Å². The second-order valence-corrected chi connectivity index (χ2v) is 6.80. The van der Waals surface area contributed by atoms with Crippen LogP contribution in [0.2, 0.25) is 0 Å². The number of hydrogen-bond donors (Lipinski definition) is 2. The Kier molecular flexibility index (Phi) is 4.48. The first-order valence-corrected chi connectivity index (χ1v) is 8.12. The SMILES string of the molecule is Cc1cc(N)cc(S(=O)(=O)NCC(=O)N2CCCC2)c1F. The average Bonchev–Trinajstić information content (AvgIpc) is 2.94. The Morgan fingerprint density at radius 1 is 1.38 bits per heavy atom. The molecular formula is C13H18FN3O3S. The van der Waals surface area contributed by atoms with E-state index < -0.39 is 20.7 Å². The van der Waals surface area contributed by atoms with E-state index in [-0.39, 0.29) is 23.7 Å². The van der Waals surface area contributed by atoms with Crippen LogP contribution in [0, 0.1) is 12.7 Å². The van der Waals surface area contributed by atoms with Gasteiger partial charge in [0.15, 0.2) is 0 Å². The number of rotatable bonds is 4. The van der Waals surface area contributed by atoms with E-state index in [1.54, 1.807) is 4.90 Å². The van der Waals surface area contributed by atoms with Gasteiger partial charge in [0.25, 0.3) is 0 Å². The molecule has 6 nitrogen and oxygen atoms in total. The van der Waals surface area contributed by atoms with E-state index in [0.29, 0.717) is 13.1 Å². The van der Waals surface area contributed by atoms with Gasteiger partial charge in [0.2, 0.25) is 15.9 Å². The molecule has 1 heterocycles. The van der Waals surface area contributed by atoms with Gasteiger partial charge in [0.05, 0.1) is 6.54 Å². The van der Waals surface area contributed by atoms with E-state index in [1.807, 2.05) is 0 Å². The Hall–Kier alpha value is -1.67. The summed E-state index contributed by atoms with van der Waals surface area (Å²) in [4.78, 5) is 12.9. The van der Waals surface area contributed by atoms with Crippen LogP contribution < -0.4 is 10.5 Å². The van der Waals surface area contributed by atoms with Gasteiger partial charge in [-0.05, 0) is 37.5 Å². The summed E-state index contributed by atoms with van der Waals surface area (Å²) in [5.74, 6) is -1.16. The van der Waals surface area contributed by atoms with Crippen LogP contribution in [-0.2, 0) is 14.8 Å². The normalized spacial score (nSPS) is 15.4. The summed E-state index contributed by atoms with van der Waals surface area (Å²) in [6.45, 7) is 2.31. The van der Waals surface area contributed by atoms with Gasteiger partial charge in [-0.2, -0.15) is 0 Å². The zero-order valence-electron chi connectivity index (χ0n) is 11.7. The fraction of sp³-hybridized carbons (Fsp3) is 0.462. The third-order valence-corrected chi connectivity index (χ3v) is 4.81. The molecule has 21 heavy (non-hydrogen) atoms. The van der Waals surface area contributed by atoms with E-state index >= 15 is 0 Å². The maximum atomic E-state index is 13.9. The predicted molar refractivity (Wildman–Crippen MR) is 76.6 cm³/mol. The van der Waals surface area contributed by atoms with E-state index in [4.69, 9.17) is 5.73 Å². The number of likely N-dealkylation sites (tertiary alicyclic amines) is 1. The molecule has 0 aliphatic carbocycles. The average molecular weight is 315 g/mol. The van der Waals surface area contributed by atoms with Crippen molar-refractivity contribution < 1.29 is 17.6 Å². The number of nitrogens with zero attached hydrogens (tertiary/aromatic N) is 1. The number of amides is 1. The van der Waals surface area contributed by atoms with Crippen LogP contribution in [0.5, 0.6) is 0 Å². The Balaban J connectivity index is 2.13. The quantitative estimate of drug-likeness (QED) is 0.797. The highest BCUT2D eigenvalue weighted by Crippen LogP contribution is 2.21. The number of nitrogen functional groups attached to an aromatic ring is 1. The van der Waals surface area contributed by atoms with Crippen LogP contribution in [0.3, 0.4) is 0 Å². The Bertz CT molecular complexity index is 655. The van der Waals surface area contributed by atoms with Crippen LogP contribution in [0.1, 0.15) is 18.4 Å². The highest BCUT2D eigenvalue weighted by Gasteiger charge is 2.24. The third-order valence-electron chi connectivity index (χ3n) is 3.41. The second kappa shape index (κ2) is 5.98. The summed E-state index contributed by atoms with van der Waals surface area (Å²) in [6, 6.07) is 2.40. The lowest BCUT2D eigenvalue weighted by atomic mass is 10.2. The minimum atomic E-state index is -4.11. The van der Waals surface area contributed by atoms with Gasteiger partial charge in [-0.15, -0.1) is 0 Å². The summed E-state index contributed by atoms with van der Waals surface area (Å²) in [6.07, 6.45) is 1.84. The number of halogens is 1. The minimum absolute atomic E-state index is 0.140. The van der Waals surface area contributed by atoms with Gasteiger partial charge in [0.1, 0.15) is 10.7 Å². The predicted octanol–water partition coefficient (Wildman–Crippen LogP) is 0.617. The first-order chi connectivity index (χ1) is 9.81. The van der Waals surface area contributed by atoms with Crippen LogP contribution >= 0.6 is 0 Å². The molecule has 8 heteroatoms. The number of benzene rings is 1. The lowest BCUT2D eigenvalue weighted by Gasteiger charge is -2.16. The molecule has 3 N–H and O–H groups in total. The van der Waals surface area contributed by atoms with Crippen molar-refractivity contribution in [3.8, 4) is 0 Å². The molecule has 1 aliphatic rings. The van der Waals surface area contributed by atoms with Crippen LogP contribution in [0.15, 0.2) is 17.0 Å². The summed E-state index contributed by atoms with van der Waals surface area (Å²) in [5, 5.41) is 0. The molecular weight excluding hydrogens is 297 g/mol. The number of sulfonamides is 1. The lowest BCUT2D eigenvalue weighted by Crippen LogP contribution is -2.38. The molecule has 0 bridgehead atoms. The largest absolute Gasteiger partial charge is 0.399 e. The van der Waals surface area contributed by atoms with Crippen LogP contribution in [-0.4, -0.2) is 38.9 Å². The van der Waals surface area contributed by atoms with Crippen molar-refractivity contribution in [2.24, 2.45) is 0 Å². The summed E-state index contributed by atoms with van der Waals surface area (Å²) in [7, 11) is -4.11. The van der Waals surface area contributed by atoms with Crippen molar-refractivity contribution in [1.82, 2.24) is 9.62 Å². The molecule has 1 aromatic carbocycles. The molecule has 0 saturated carbocycles. The zero-order chi connectivity index (χ0) is 15.6. The summed E-state index contributed by atoms with van der Waals surface area (Å²) in [5.41, 5.74) is 5.84. The monoisotopic (exact) mass is 315 g/mol. The molecule has 1 amide bonds. The fourth-order valence-corrected chi connectivity index (χ4v) is 3.43. The Labute approximate surface area is 123 Å². The smallest absolute Gasteiger partial charge is 0.244 e. The molecule has 0 radical (unpaired) electrons. The third kappa shape index (κ3) is 3.51. The number of hydrogen-bond acceptors (Lipinski definition) is 4. The van der Waals surface area contributed by atoms with Crippen molar-refractivity contribution in [3.05, 3.63) is 23.5 Å². The highest BCUT2D eigenvalue weighted by molar-refractivity contribution is 7.89. The maximum Gasteiger partial charge on any atom is 0.244 e. The topological polar surface area (TPSA) is 92.5 Å². The first kappa shape index (κ1) is 15.7. The maximum absolute atomic E-state index is 13.9. The minimum Gasteiger partial charge on any atom is -0.399 e. The molecule has 116 valence electrons. The zero-order valence-corrected chi connectivity index (χ0v) is 12.5. The van der Waals surface area contributed by atoms with Gasteiger partial charge in [-0.1, -0.05) is 0 Å². The van der Waals surface area contributed by atoms with Gasteiger partial charge in [-0.3, -0.25) is 4.79 Å². The van der Waals surface area contributed by atoms with E-state index in [1.165, 1.54) is 13.0 Å². The molecule has 2 rings (SSSR count). The number of carbonyl (C=O) groups is 1. The highest BCUT2D eigenvalue weighted by atomic mass is 32.2. The number of anilines is 1. The van der Waals surface area contributed by atoms with Crippen molar-refractivity contribution in [2.75, 3.05) is 25.4 Å². The van der Waals surface area contributed by atoms with Crippen molar-refractivity contribution >= 4 is 21.6 Å². The molecule has 0 unspecified atom stereocenters. The van der Waals surface area contributed by atoms with Gasteiger partial charge < -0.3 is 10.6 Å².